The predicted octanol–water partition coefficient (Wildman–Crippen LogP) is 3.75. The molecular weight excluding hydrogens is 406 g/mol. The first kappa shape index (κ1) is 20.3. The van der Waals surface area contributed by atoms with Crippen LogP contribution < -0.4 is 4.74 Å². The molecule has 5 rings (SSSR count). The number of nitrogens with zero attached hydrogens (tertiary/aromatic N) is 4. The smallest absolute Gasteiger partial charge is 0.270 e. The number of nitrogens with one attached hydrogen (secondary N) is 1. The standard InChI is InChI=1S/C24H25N5O3/c1-16(23-26-22(27-32-23)17-6-4-3-5-7-17)28-10-12-29(13-11-28)24(30)21-14-18-8-9-19(31-2)15-20(18)25-21/h3-9,14-16,25H,10-13H2,1-2H3. The van der Waals surface area contributed by atoms with Gasteiger partial charge >= 0.3 is 0 Å². The van der Waals surface area contributed by atoms with Crippen molar-refractivity contribution in [1.29, 1.82) is 0 Å². The van der Waals surface area contributed by atoms with Crippen LogP contribution in [0.2, 0.25) is 0 Å². The lowest BCUT2D eigenvalue weighted by Crippen LogP contribution is -2.49. The van der Waals surface area contributed by atoms with Crippen LogP contribution in [0.3, 0.4) is 0 Å². The number of rotatable bonds is 5. The number of ether oxygens (including phenoxy) is 1. The van der Waals surface area contributed by atoms with E-state index in [1.165, 1.54) is 0 Å². The van der Waals surface area contributed by atoms with Gasteiger partial charge in [0.25, 0.3) is 5.91 Å². The van der Waals surface area contributed by atoms with Crippen LogP contribution >= 0.6 is 0 Å². The quantitative estimate of drug-likeness (QED) is 0.518. The first-order chi connectivity index (χ1) is 15.6. The van der Waals surface area contributed by atoms with Crippen molar-refractivity contribution in [2.45, 2.75) is 13.0 Å². The number of methoxy groups -OCH3 is 1. The van der Waals surface area contributed by atoms with Crippen LogP contribution in [0.5, 0.6) is 5.75 Å². The third-order valence-electron chi connectivity index (χ3n) is 6.04. The first-order valence-corrected chi connectivity index (χ1v) is 10.7. The molecular formula is C24H25N5O3. The topological polar surface area (TPSA) is 87.5 Å². The maximum atomic E-state index is 13.0. The number of H-pyrrole nitrogens is 1. The average Bonchev–Trinajstić information content (AvgIpc) is 3.51. The molecule has 8 heteroatoms. The third kappa shape index (κ3) is 3.85. The summed E-state index contributed by atoms with van der Waals surface area (Å²) in [5.41, 5.74) is 2.42. The zero-order chi connectivity index (χ0) is 22.1. The summed E-state index contributed by atoms with van der Waals surface area (Å²) in [5.74, 6) is 1.96. The van der Waals surface area contributed by atoms with E-state index in [9.17, 15) is 4.79 Å². The van der Waals surface area contributed by atoms with Crippen molar-refractivity contribution in [2.75, 3.05) is 33.3 Å². The van der Waals surface area contributed by atoms with Gasteiger partial charge in [0.05, 0.1) is 13.2 Å². The van der Waals surface area contributed by atoms with Crippen LogP contribution in [0, 0.1) is 0 Å². The summed E-state index contributed by atoms with van der Waals surface area (Å²) < 4.78 is 10.8. The van der Waals surface area contributed by atoms with Gasteiger partial charge in [0.15, 0.2) is 0 Å². The zero-order valence-electron chi connectivity index (χ0n) is 18.1. The normalized spacial score (nSPS) is 15.8. The van der Waals surface area contributed by atoms with E-state index < -0.39 is 0 Å². The van der Waals surface area contributed by atoms with E-state index >= 15 is 0 Å². The van der Waals surface area contributed by atoms with E-state index in [1.807, 2.05) is 59.5 Å². The Morgan fingerprint density at radius 2 is 1.88 bits per heavy atom. The number of piperazine rings is 1. The van der Waals surface area contributed by atoms with E-state index in [2.05, 4.69) is 26.9 Å². The van der Waals surface area contributed by atoms with E-state index in [0.29, 0.717) is 30.5 Å². The van der Waals surface area contributed by atoms with Crippen LogP contribution in [0.25, 0.3) is 22.3 Å². The minimum atomic E-state index is -0.0160. The van der Waals surface area contributed by atoms with Crippen molar-refractivity contribution in [1.82, 2.24) is 24.9 Å². The molecule has 1 N–H and O–H groups in total. The number of fused-ring (bicyclic) bond motifs is 1. The van der Waals surface area contributed by atoms with Gasteiger partial charge in [0.2, 0.25) is 11.7 Å². The van der Waals surface area contributed by atoms with Crippen molar-refractivity contribution < 1.29 is 14.1 Å². The molecule has 1 unspecified atom stereocenters. The van der Waals surface area contributed by atoms with Crippen LogP contribution in [0.1, 0.15) is 29.3 Å². The molecule has 1 aliphatic heterocycles. The summed E-state index contributed by atoms with van der Waals surface area (Å²) in [4.78, 5) is 25.0. The van der Waals surface area contributed by atoms with Gasteiger partial charge in [-0.3, -0.25) is 9.69 Å². The van der Waals surface area contributed by atoms with Crippen molar-refractivity contribution in [2.24, 2.45) is 0 Å². The van der Waals surface area contributed by atoms with Gasteiger partial charge < -0.3 is 19.1 Å². The number of benzene rings is 2. The van der Waals surface area contributed by atoms with Crippen LogP contribution in [-0.2, 0) is 0 Å². The molecule has 4 aromatic rings. The van der Waals surface area contributed by atoms with Gasteiger partial charge in [-0.05, 0) is 25.1 Å². The summed E-state index contributed by atoms with van der Waals surface area (Å²) in [5, 5.41) is 5.12. The minimum Gasteiger partial charge on any atom is -0.497 e. The van der Waals surface area contributed by atoms with Gasteiger partial charge in [-0.2, -0.15) is 4.98 Å². The third-order valence-corrected chi connectivity index (χ3v) is 6.04. The van der Waals surface area contributed by atoms with Gasteiger partial charge in [0, 0.05) is 48.7 Å². The fraction of sp³-hybridized carbons (Fsp3) is 0.292. The Labute approximate surface area is 185 Å². The molecule has 0 saturated carbocycles. The fourth-order valence-corrected chi connectivity index (χ4v) is 4.10. The van der Waals surface area contributed by atoms with Crippen molar-refractivity contribution in [3.05, 3.63) is 66.2 Å². The highest BCUT2D eigenvalue weighted by atomic mass is 16.5. The van der Waals surface area contributed by atoms with E-state index in [0.717, 1.165) is 35.3 Å². The van der Waals surface area contributed by atoms with E-state index in [1.54, 1.807) is 7.11 Å². The molecule has 32 heavy (non-hydrogen) atoms. The van der Waals surface area contributed by atoms with E-state index in [4.69, 9.17) is 9.26 Å². The van der Waals surface area contributed by atoms with Crippen molar-refractivity contribution >= 4 is 16.8 Å². The Hall–Kier alpha value is -3.65. The SMILES string of the molecule is COc1ccc2cc(C(=O)N3CCN(C(C)c4nc(-c5ccccc5)no4)CC3)[nH]c2c1. The Morgan fingerprint density at radius 3 is 2.62 bits per heavy atom. The molecule has 164 valence electrons. The molecule has 1 fully saturated rings. The molecule has 0 bridgehead atoms. The number of aromatic amines is 1. The number of hydrogen-bond acceptors (Lipinski definition) is 6. The Morgan fingerprint density at radius 1 is 1.09 bits per heavy atom. The van der Waals surface area contributed by atoms with Gasteiger partial charge in [0.1, 0.15) is 11.4 Å². The lowest BCUT2D eigenvalue weighted by Gasteiger charge is -2.36. The summed E-state index contributed by atoms with van der Waals surface area (Å²) in [6.45, 7) is 4.82. The minimum absolute atomic E-state index is 0.0108. The summed E-state index contributed by atoms with van der Waals surface area (Å²) >= 11 is 0. The molecule has 0 radical (unpaired) electrons. The maximum Gasteiger partial charge on any atom is 0.270 e. The summed E-state index contributed by atoms with van der Waals surface area (Å²) in [6, 6.07) is 17.4. The number of aromatic nitrogens is 3. The number of carbonyl (C=O) groups is 1. The zero-order valence-corrected chi connectivity index (χ0v) is 18.1. The van der Waals surface area contributed by atoms with Crippen LogP contribution in [-0.4, -0.2) is 64.1 Å². The molecule has 1 atom stereocenters. The molecule has 0 spiro atoms. The van der Waals surface area contributed by atoms with Crippen molar-refractivity contribution in [3.8, 4) is 17.1 Å². The molecule has 0 aliphatic carbocycles. The highest BCUT2D eigenvalue weighted by Crippen LogP contribution is 2.25. The predicted molar refractivity (Wildman–Crippen MR) is 120 cm³/mol. The lowest BCUT2D eigenvalue weighted by atomic mass is 10.2. The second-order valence-electron chi connectivity index (χ2n) is 7.96. The van der Waals surface area contributed by atoms with Crippen LogP contribution in [0.4, 0.5) is 0 Å². The molecule has 3 heterocycles. The van der Waals surface area contributed by atoms with Crippen molar-refractivity contribution in [3.63, 3.8) is 0 Å². The number of amides is 1. The van der Waals surface area contributed by atoms with Gasteiger partial charge in [-0.1, -0.05) is 35.5 Å². The maximum absolute atomic E-state index is 13.0. The lowest BCUT2D eigenvalue weighted by molar-refractivity contribution is 0.0547. The molecule has 8 nitrogen and oxygen atoms in total. The van der Waals surface area contributed by atoms with Gasteiger partial charge in [-0.15, -0.1) is 0 Å². The summed E-state index contributed by atoms with van der Waals surface area (Å²) in [6.07, 6.45) is 0. The molecule has 2 aromatic carbocycles. The number of hydrogen-bond donors (Lipinski definition) is 1. The Bertz CT molecular complexity index is 1220. The monoisotopic (exact) mass is 431 g/mol. The highest BCUT2D eigenvalue weighted by Gasteiger charge is 2.28. The van der Waals surface area contributed by atoms with E-state index in [-0.39, 0.29) is 11.9 Å². The number of carbonyl (C=O) groups excluding carboxylic acids is 1. The highest BCUT2D eigenvalue weighted by molar-refractivity contribution is 5.98. The molecule has 1 saturated heterocycles. The molecule has 1 amide bonds. The largest absolute Gasteiger partial charge is 0.497 e. The fourth-order valence-electron chi connectivity index (χ4n) is 4.10. The molecule has 1 aliphatic rings. The Balaban J connectivity index is 1.23. The average molecular weight is 431 g/mol. The molecule has 2 aromatic heterocycles. The second kappa shape index (κ2) is 8.47. The van der Waals surface area contributed by atoms with Gasteiger partial charge in [-0.25, -0.2) is 0 Å². The Kier molecular flexibility index (Phi) is 5.36. The first-order valence-electron chi connectivity index (χ1n) is 10.7. The second-order valence-corrected chi connectivity index (χ2v) is 7.96. The van der Waals surface area contributed by atoms with Crippen LogP contribution in [0.15, 0.2) is 59.1 Å². The summed E-state index contributed by atoms with van der Waals surface area (Å²) in [7, 11) is 1.63.